The van der Waals surface area contributed by atoms with Crippen LogP contribution in [-0.4, -0.2) is 61.6 Å². The van der Waals surface area contributed by atoms with Gasteiger partial charge < -0.3 is 25.7 Å². The predicted octanol–water partition coefficient (Wildman–Crippen LogP) is 4.24. The highest BCUT2D eigenvalue weighted by atomic mass is 32.2. The van der Waals surface area contributed by atoms with Gasteiger partial charge in [0.1, 0.15) is 5.75 Å². The number of phenolic OH excluding ortho intramolecular Hbond substituents is 1. The molecule has 5 rings (SSSR count). The summed E-state index contributed by atoms with van der Waals surface area (Å²) in [4.78, 5) is 42.2. The van der Waals surface area contributed by atoms with Gasteiger partial charge in [0.05, 0.1) is 18.0 Å². The number of nitrogens with one attached hydrogen (secondary N) is 2. The van der Waals surface area contributed by atoms with Crippen LogP contribution in [0.3, 0.4) is 0 Å². The van der Waals surface area contributed by atoms with E-state index in [0.717, 1.165) is 36.0 Å². The molecule has 1 heterocycles. The van der Waals surface area contributed by atoms with Crippen LogP contribution >= 0.6 is 11.8 Å². The number of amides is 3. The summed E-state index contributed by atoms with van der Waals surface area (Å²) in [5.74, 6) is -0.750. The normalized spacial score (nSPS) is 18.5. The Morgan fingerprint density at radius 3 is 2.42 bits per heavy atom. The van der Waals surface area contributed by atoms with Crippen LogP contribution in [0.2, 0.25) is 0 Å². The van der Waals surface area contributed by atoms with E-state index in [1.165, 1.54) is 6.07 Å². The molecule has 3 aromatic rings. The van der Waals surface area contributed by atoms with Crippen molar-refractivity contribution in [3.63, 3.8) is 0 Å². The number of phenols is 1. The van der Waals surface area contributed by atoms with Crippen LogP contribution in [0.1, 0.15) is 58.3 Å². The molecule has 1 saturated heterocycles. The minimum atomic E-state index is -1.53. The molecular weight excluding hydrogens is 562 g/mol. The summed E-state index contributed by atoms with van der Waals surface area (Å²) in [7, 11) is 0. The zero-order valence-electron chi connectivity index (χ0n) is 24.6. The summed E-state index contributed by atoms with van der Waals surface area (Å²) in [6, 6.07) is 20.7. The second-order valence-corrected chi connectivity index (χ2v) is 12.9. The van der Waals surface area contributed by atoms with E-state index in [2.05, 4.69) is 10.6 Å². The van der Waals surface area contributed by atoms with Crippen molar-refractivity contribution in [1.29, 1.82) is 0 Å². The molecule has 43 heavy (non-hydrogen) atoms. The second-order valence-electron chi connectivity index (χ2n) is 11.6. The fraction of sp³-hybridized carbons (Fsp3) is 0.382. The van der Waals surface area contributed by atoms with Gasteiger partial charge in [0.2, 0.25) is 5.91 Å². The van der Waals surface area contributed by atoms with Gasteiger partial charge in [0.15, 0.2) is 6.10 Å². The number of rotatable bonds is 10. The first kappa shape index (κ1) is 30.6. The molecule has 1 saturated carbocycles. The van der Waals surface area contributed by atoms with Crippen molar-refractivity contribution in [3.8, 4) is 5.75 Å². The minimum Gasteiger partial charge on any atom is -0.508 e. The maximum Gasteiger partial charge on any atom is 0.254 e. The van der Waals surface area contributed by atoms with E-state index < -0.39 is 24.0 Å². The van der Waals surface area contributed by atoms with Gasteiger partial charge in [0, 0.05) is 28.8 Å². The van der Waals surface area contributed by atoms with Crippen molar-refractivity contribution in [2.45, 2.75) is 75.4 Å². The van der Waals surface area contributed by atoms with Crippen LogP contribution in [0.15, 0.2) is 72.8 Å². The van der Waals surface area contributed by atoms with E-state index in [1.54, 1.807) is 35.7 Å². The average Bonchev–Trinajstić information content (AvgIpc) is 3.37. The molecule has 0 radical (unpaired) electrons. The third-order valence-corrected chi connectivity index (χ3v) is 10.5. The zero-order chi connectivity index (χ0) is 30.6. The Hall–Kier alpha value is -3.82. The highest BCUT2D eigenvalue weighted by molar-refractivity contribution is 8.01. The van der Waals surface area contributed by atoms with Gasteiger partial charge >= 0.3 is 0 Å². The van der Waals surface area contributed by atoms with Gasteiger partial charge in [0.25, 0.3) is 11.8 Å². The number of hydrogen-bond donors (Lipinski definition) is 4. The Labute approximate surface area is 256 Å². The molecule has 3 atom stereocenters. The monoisotopic (exact) mass is 601 g/mol. The second kappa shape index (κ2) is 13.2. The van der Waals surface area contributed by atoms with Crippen LogP contribution in [-0.2, 0) is 22.6 Å². The number of hydrogen-bond acceptors (Lipinski definition) is 6. The smallest absolute Gasteiger partial charge is 0.254 e. The highest BCUT2D eigenvalue weighted by Crippen LogP contribution is 2.54. The van der Waals surface area contributed by atoms with E-state index in [1.807, 2.05) is 61.5 Å². The first-order valence-electron chi connectivity index (χ1n) is 14.8. The van der Waals surface area contributed by atoms with Crippen LogP contribution < -0.4 is 10.6 Å². The Morgan fingerprint density at radius 2 is 1.72 bits per heavy atom. The van der Waals surface area contributed by atoms with Crippen molar-refractivity contribution in [2.24, 2.45) is 0 Å². The van der Waals surface area contributed by atoms with Gasteiger partial charge in [-0.1, -0.05) is 67.1 Å². The Bertz CT molecular complexity index is 1480. The lowest BCUT2D eigenvalue weighted by Gasteiger charge is -2.44. The molecule has 1 unspecified atom stereocenters. The number of carbonyl (C=O) groups is 3. The molecule has 1 aliphatic heterocycles. The van der Waals surface area contributed by atoms with E-state index in [4.69, 9.17) is 0 Å². The standard InChI is InChI=1S/C34H39N3O5S/c1-22-10-6-7-13-25(22)20-35-30(39)19-29-34(16-9-17-34)43-21-37(29)33(42)31(40)27(18-24-11-4-3-5-12-24)36-32(41)26-14-8-15-28(38)23(26)2/h3-8,10-15,27,29,31,38,40H,9,16-21H2,1-2H3,(H,35,39)(H,36,41)/t27?,29-,31+/m1/s1. The summed E-state index contributed by atoms with van der Waals surface area (Å²) in [5.41, 5.74) is 3.68. The maximum atomic E-state index is 14.0. The largest absolute Gasteiger partial charge is 0.508 e. The molecule has 2 fully saturated rings. The Balaban J connectivity index is 1.34. The maximum absolute atomic E-state index is 14.0. The minimum absolute atomic E-state index is 0.00712. The van der Waals surface area contributed by atoms with Gasteiger partial charge in [-0.3, -0.25) is 14.4 Å². The lowest BCUT2D eigenvalue weighted by atomic mass is 9.76. The lowest BCUT2D eigenvalue weighted by molar-refractivity contribution is -0.144. The number of aromatic hydroxyl groups is 1. The van der Waals surface area contributed by atoms with Crippen LogP contribution in [0.4, 0.5) is 0 Å². The van der Waals surface area contributed by atoms with Crippen LogP contribution in [0, 0.1) is 13.8 Å². The van der Waals surface area contributed by atoms with Crippen molar-refractivity contribution < 1.29 is 24.6 Å². The van der Waals surface area contributed by atoms with Crippen molar-refractivity contribution in [3.05, 3.63) is 101 Å². The van der Waals surface area contributed by atoms with Crippen molar-refractivity contribution in [2.75, 3.05) is 5.88 Å². The molecule has 9 heteroatoms. The number of carbonyl (C=O) groups excluding carboxylic acids is 3. The summed E-state index contributed by atoms with van der Waals surface area (Å²) < 4.78 is -0.202. The van der Waals surface area contributed by atoms with Crippen molar-refractivity contribution >= 4 is 29.5 Å². The third kappa shape index (κ3) is 6.73. The molecule has 8 nitrogen and oxygen atoms in total. The number of nitrogens with zero attached hydrogens (tertiary/aromatic N) is 1. The van der Waals surface area contributed by atoms with Crippen molar-refractivity contribution in [1.82, 2.24) is 15.5 Å². The van der Waals surface area contributed by atoms with Gasteiger partial charge in [-0.05, 0) is 61.9 Å². The Kier molecular flexibility index (Phi) is 9.42. The fourth-order valence-corrected chi connectivity index (χ4v) is 7.69. The molecule has 3 amide bonds. The van der Waals surface area contributed by atoms with E-state index in [-0.39, 0.29) is 40.9 Å². The SMILES string of the molecule is Cc1ccccc1CNC(=O)C[C@H]1N(C(=O)[C@@H](O)C(Cc2ccccc2)NC(=O)c2cccc(O)c2C)CSC12CCC2. The number of thioether (sulfide) groups is 1. The topological polar surface area (TPSA) is 119 Å². The third-order valence-electron chi connectivity index (χ3n) is 8.87. The number of aliphatic hydroxyl groups is 1. The summed E-state index contributed by atoms with van der Waals surface area (Å²) in [6.07, 6.45) is 1.70. The summed E-state index contributed by atoms with van der Waals surface area (Å²) in [6.45, 7) is 4.06. The molecular formula is C34H39N3O5S. The number of benzene rings is 3. The molecule has 0 aromatic heterocycles. The molecule has 1 aliphatic carbocycles. The van der Waals surface area contributed by atoms with Crippen LogP contribution in [0.5, 0.6) is 5.75 Å². The molecule has 3 aromatic carbocycles. The van der Waals surface area contributed by atoms with E-state index >= 15 is 0 Å². The van der Waals surface area contributed by atoms with E-state index in [9.17, 15) is 24.6 Å². The first-order chi connectivity index (χ1) is 20.7. The summed E-state index contributed by atoms with van der Waals surface area (Å²) in [5, 5.41) is 27.6. The van der Waals surface area contributed by atoms with Gasteiger partial charge in [-0.25, -0.2) is 0 Å². The zero-order valence-corrected chi connectivity index (χ0v) is 25.4. The van der Waals surface area contributed by atoms with Gasteiger partial charge in [-0.2, -0.15) is 0 Å². The van der Waals surface area contributed by atoms with Gasteiger partial charge in [-0.15, -0.1) is 11.8 Å². The average molecular weight is 602 g/mol. The quantitative estimate of drug-likeness (QED) is 0.276. The molecule has 1 spiro atoms. The summed E-state index contributed by atoms with van der Waals surface area (Å²) >= 11 is 1.68. The predicted molar refractivity (Wildman–Crippen MR) is 168 cm³/mol. The lowest BCUT2D eigenvalue weighted by Crippen LogP contribution is -2.57. The molecule has 4 N–H and O–H groups in total. The molecule has 0 bridgehead atoms. The highest BCUT2D eigenvalue weighted by Gasteiger charge is 2.54. The first-order valence-corrected chi connectivity index (χ1v) is 15.7. The van der Waals surface area contributed by atoms with E-state index in [0.29, 0.717) is 18.0 Å². The fourth-order valence-electron chi connectivity index (χ4n) is 6.00. The number of aliphatic hydroxyl groups excluding tert-OH is 1. The van der Waals surface area contributed by atoms with Crippen LogP contribution in [0.25, 0.3) is 0 Å². The Morgan fingerprint density at radius 1 is 1.00 bits per heavy atom. The molecule has 2 aliphatic rings. The number of aryl methyl sites for hydroxylation is 1. The molecule has 226 valence electrons.